The molecule has 3 aromatic carbocycles. The fourth-order valence-corrected chi connectivity index (χ4v) is 4.60. The Hall–Kier alpha value is -5.26. The van der Waals surface area contributed by atoms with E-state index in [1.54, 1.807) is 24.5 Å². The molecule has 6 rings (SSSR count). The molecule has 162 valence electrons. The average Bonchev–Trinajstić information content (AvgIpc) is 3.27. The normalized spacial score (nSPS) is 10.8. The molecule has 0 saturated heterocycles. The van der Waals surface area contributed by atoms with Gasteiger partial charge in [0.25, 0.3) is 0 Å². The maximum Gasteiger partial charge on any atom is 0.101 e. The van der Waals surface area contributed by atoms with Crippen LogP contribution in [0.3, 0.4) is 0 Å². The number of hydrogen-bond acceptors (Lipinski definition) is 4. The van der Waals surface area contributed by atoms with Crippen LogP contribution in [0.4, 0.5) is 0 Å². The summed E-state index contributed by atoms with van der Waals surface area (Å²) in [7, 11) is 0. The molecule has 0 aliphatic rings. The average molecular weight is 448 g/mol. The van der Waals surface area contributed by atoms with Crippen LogP contribution in [-0.2, 0) is 0 Å². The zero-order valence-electron chi connectivity index (χ0n) is 18.6. The number of para-hydroxylation sites is 3. The molecule has 0 radical (unpaired) electrons. The highest BCUT2D eigenvalue weighted by Crippen LogP contribution is 2.40. The fraction of sp³-hybridized carbons (Fsp3) is 0. The molecule has 0 unspecified atom stereocenters. The summed E-state index contributed by atoms with van der Waals surface area (Å²) in [6, 6.07) is 34.4. The van der Waals surface area contributed by atoms with Crippen molar-refractivity contribution in [2.75, 3.05) is 0 Å². The van der Waals surface area contributed by atoms with Crippen molar-refractivity contribution in [2.45, 2.75) is 0 Å². The highest BCUT2D eigenvalue weighted by molar-refractivity contribution is 6.10. The number of fused-ring (bicyclic) bond motifs is 3. The third kappa shape index (κ3) is 3.31. The molecule has 6 aromatic rings. The molecular weight excluding hydrogens is 430 g/mol. The summed E-state index contributed by atoms with van der Waals surface area (Å²) in [5.41, 5.74) is 7.48. The third-order valence-corrected chi connectivity index (χ3v) is 6.18. The van der Waals surface area contributed by atoms with Gasteiger partial charge >= 0.3 is 0 Å². The molecule has 0 atom stereocenters. The standard InChI is InChI=1S/C30H17N5/c31-16-20-12-14-26(33-18-20)24-8-5-9-25(27-15-13-21(17-32)19-34-27)30(24)35-28-10-3-1-6-22(28)23-7-2-4-11-29(23)35/h1-15,18-19H. The van der Waals surface area contributed by atoms with Gasteiger partial charge in [-0.05, 0) is 36.4 Å². The van der Waals surface area contributed by atoms with Gasteiger partial charge in [-0.2, -0.15) is 10.5 Å². The molecule has 0 aliphatic heterocycles. The first kappa shape index (κ1) is 20.4. The van der Waals surface area contributed by atoms with Gasteiger partial charge in [0, 0.05) is 34.3 Å². The van der Waals surface area contributed by atoms with Gasteiger partial charge in [0.15, 0.2) is 0 Å². The van der Waals surface area contributed by atoms with E-state index in [4.69, 9.17) is 0 Å². The Bertz CT molecular complexity index is 1670. The number of pyridine rings is 2. The molecule has 0 fully saturated rings. The van der Waals surface area contributed by atoms with Crippen LogP contribution in [0.1, 0.15) is 11.1 Å². The summed E-state index contributed by atoms with van der Waals surface area (Å²) in [6.07, 6.45) is 3.19. The van der Waals surface area contributed by atoms with Crippen LogP contribution in [0.25, 0.3) is 50.0 Å². The van der Waals surface area contributed by atoms with Gasteiger partial charge in [-0.15, -0.1) is 0 Å². The molecule has 0 N–H and O–H groups in total. The number of nitrogens with zero attached hydrogens (tertiary/aromatic N) is 5. The van der Waals surface area contributed by atoms with Crippen LogP contribution >= 0.6 is 0 Å². The van der Waals surface area contributed by atoms with E-state index in [-0.39, 0.29) is 0 Å². The van der Waals surface area contributed by atoms with E-state index in [1.165, 1.54) is 0 Å². The molecule has 0 aliphatic carbocycles. The van der Waals surface area contributed by atoms with Crippen molar-refractivity contribution < 1.29 is 0 Å². The van der Waals surface area contributed by atoms with E-state index in [9.17, 15) is 10.5 Å². The lowest BCUT2D eigenvalue weighted by Gasteiger charge is -2.18. The fourth-order valence-electron chi connectivity index (χ4n) is 4.60. The molecule has 5 heteroatoms. The minimum absolute atomic E-state index is 0.511. The SMILES string of the molecule is N#Cc1ccc(-c2cccc(-c3ccc(C#N)cn3)c2-n2c3ccccc3c3ccccc32)nc1. The number of nitriles is 2. The lowest BCUT2D eigenvalue weighted by molar-refractivity contribution is 1.16. The predicted octanol–water partition coefficient (Wildman–Crippen LogP) is 6.65. The molecule has 0 amide bonds. The van der Waals surface area contributed by atoms with Crippen molar-refractivity contribution >= 4 is 21.8 Å². The van der Waals surface area contributed by atoms with E-state index >= 15 is 0 Å². The summed E-state index contributed by atoms with van der Waals surface area (Å²) >= 11 is 0. The number of aromatic nitrogens is 3. The Labute approximate surface area is 201 Å². The van der Waals surface area contributed by atoms with Crippen LogP contribution in [-0.4, -0.2) is 14.5 Å². The minimum Gasteiger partial charge on any atom is -0.308 e. The van der Waals surface area contributed by atoms with Crippen molar-refractivity contribution in [1.29, 1.82) is 10.5 Å². The Balaban J connectivity index is 1.74. The van der Waals surface area contributed by atoms with E-state index in [0.717, 1.165) is 50.0 Å². The minimum atomic E-state index is 0.511. The topological polar surface area (TPSA) is 78.3 Å². The van der Waals surface area contributed by atoms with Crippen molar-refractivity contribution in [3.63, 3.8) is 0 Å². The Morgan fingerprint density at radius 2 is 1.03 bits per heavy atom. The summed E-state index contributed by atoms with van der Waals surface area (Å²) in [5, 5.41) is 20.8. The largest absolute Gasteiger partial charge is 0.308 e. The van der Waals surface area contributed by atoms with Gasteiger partial charge in [0.2, 0.25) is 0 Å². The van der Waals surface area contributed by atoms with Crippen LogP contribution in [0.5, 0.6) is 0 Å². The van der Waals surface area contributed by atoms with Gasteiger partial charge in [0.1, 0.15) is 12.1 Å². The molecule has 0 bridgehead atoms. The van der Waals surface area contributed by atoms with Crippen LogP contribution in [0, 0.1) is 22.7 Å². The smallest absolute Gasteiger partial charge is 0.101 e. The summed E-state index contributed by atoms with van der Waals surface area (Å²) in [4.78, 5) is 9.23. The van der Waals surface area contributed by atoms with Crippen molar-refractivity contribution in [3.05, 3.63) is 115 Å². The monoisotopic (exact) mass is 447 g/mol. The summed E-state index contributed by atoms with van der Waals surface area (Å²) < 4.78 is 2.26. The number of hydrogen-bond donors (Lipinski definition) is 0. The molecule has 3 aromatic heterocycles. The van der Waals surface area contributed by atoms with E-state index in [1.807, 2.05) is 42.5 Å². The quantitative estimate of drug-likeness (QED) is 0.304. The lowest BCUT2D eigenvalue weighted by atomic mass is 10.00. The summed E-state index contributed by atoms with van der Waals surface area (Å²) in [5.74, 6) is 0. The second kappa shape index (κ2) is 8.26. The third-order valence-electron chi connectivity index (χ3n) is 6.18. The maximum atomic E-state index is 9.25. The Morgan fingerprint density at radius 3 is 1.46 bits per heavy atom. The van der Waals surface area contributed by atoms with Crippen LogP contribution in [0.2, 0.25) is 0 Å². The highest BCUT2D eigenvalue weighted by Gasteiger charge is 2.20. The van der Waals surface area contributed by atoms with Crippen molar-refractivity contribution in [1.82, 2.24) is 14.5 Å². The van der Waals surface area contributed by atoms with Gasteiger partial charge < -0.3 is 4.57 Å². The summed E-state index contributed by atoms with van der Waals surface area (Å²) in [6.45, 7) is 0. The molecule has 0 spiro atoms. The van der Waals surface area contributed by atoms with Crippen LogP contribution < -0.4 is 0 Å². The molecule has 3 heterocycles. The molecule has 35 heavy (non-hydrogen) atoms. The van der Waals surface area contributed by atoms with E-state index in [0.29, 0.717) is 11.1 Å². The number of benzene rings is 3. The van der Waals surface area contributed by atoms with Crippen LogP contribution in [0.15, 0.2) is 103 Å². The lowest BCUT2D eigenvalue weighted by Crippen LogP contribution is -2.02. The predicted molar refractivity (Wildman–Crippen MR) is 137 cm³/mol. The molecule has 5 nitrogen and oxygen atoms in total. The Kier molecular flexibility index (Phi) is 4.80. The highest BCUT2D eigenvalue weighted by atomic mass is 15.0. The first-order valence-corrected chi connectivity index (χ1v) is 11.1. The number of rotatable bonds is 3. The van der Waals surface area contributed by atoms with E-state index in [2.05, 4.69) is 63.1 Å². The molecular formula is C30H17N5. The van der Waals surface area contributed by atoms with E-state index < -0.39 is 0 Å². The Morgan fingerprint density at radius 1 is 0.543 bits per heavy atom. The maximum absolute atomic E-state index is 9.25. The van der Waals surface area contributed by atoms with Gasteiger partial charge in [0.05, 0.1) is 39.2 Å². The zero-order valence-corrected chi connectivity index (χ0v) is 18.6. The van der Waals surface area contributed by atoms with Crippen molar-refractivity contribution in [2.24, 2.45) is 0 Å². The zero-order chi connectivity index (χ0) is 23.8. The van der Waals surface area contributed by atoms with Gasteiger partial charge in [-0.25, -0.2) is 0 Å². The van der Waals surface area contributed by atoms with Crippen molar-refractivity contribution in [3.8, 4) is 40.3 Å². The molecule has 0 saturated carbocycles. The van der Waals surface area contributed by atoms with Gasteiger partial charge in [-0.3, -0.25) is 9.97 Å². The van der Waals surface area contributed by atoms with Gasteiger partial charge in [-0.1, -0.05) is 54.6 Å². The first-order chi connectivity index (χ1) is 17.3. The second-order valence-corrected chi connectivity index (χ2v) is 8.16. The second-order valence-electron chi connectivity index (χ2n) is 8.16. The first-order valence-electron chi connectivity index (χ1n) is 11.1.